The molecule has 0 saturated heterocycles. The van der Waals surface area contributed by atoms with Crippen LogP contribution >= 0.6 is 23.1 Å². The second-order valence-corrected chi connectivity index (χ2v) is 16.3. The molecule has 52 heavy (non-hydrogen) atoms. The molecule has 0 bridgehead atoms. The molecule has 1 aliphatic carbocycles. The van der Waals surface area contributed by atoms with Crippen LogP contribution in [0.1, 0.15) is 12.0 Å². The Bertz CT molecular complexity index is 3200. The van der Waals surface area contributed by atoms with Gasteiger partial charge < -0.3 is 9.13 Å². The van der Waals surface area contributed by atoms with Gasteiger partial charge >= 0.3 is 0 Å². The first kappa shape index (κ1) is 28.8. The SMILES string of the molecule is C1=CC(n2c3ccccc3c3cc(-c4ccc5c(c4)c4ccccc4n5-c4cccc5sc6ccccc6c45)ccc32)=C2c3ccccc3SC2C1. The lowest BCUT2D eigenvalue weighted by molar-refractivity contribution is 1.07. The smallest absolute Gasteiger partial charge is 0.0555 e. The summed E-state index contributed by atoms with van der Waals surface area (Å²) < 4.78 is 7.64. The molecule has 10 aromatic rings. The number of hydrogen-bond acceptors (Lipinski definition) is 2. The van der Waals surface area contributed by atoms with Gasteiger partial charge in [0.25, 0.3) is 0 Å². The van der Waals surface area contributed by atoms with Crippen molar-refractivity contribution >= 4 is 98.2 Å². The highest BCUT2D eigenvalue weighted by molar-refractivity contribution is 8.00. The quantitative estimate of drug-likeness (QED) is 0.179. The molecule has 0 spiro atoms. The predicted octanol–water partition coefficient (Wildman–Crippen LogP) is 13.7. The van der Waals surface area contributed by atoms with E-state index in [9.17, 15) is 0 Å². The molecule has 0 amide bonds. The number of thiophene rings is 1. The van der Waals surface area contributed by atoms with Gasteiger partial charge in [-0.25, -0.2) is 0 Å². The Morgan fingerprint density at radius 1 is 0.500 bits per heavy atom. The summed E-state index contributed by atoms with van der Waals surface area (Å²) >= 11 is 3.89. The molecule has 0 fully saturated rings. The van der Waals surface area contributed by atoms with E-state index in [0.717, 1.165) is 6.42 Å². The summed E-state index contributed by atoms with van der Waals surface area (Å²) in [6.07, 6.45) is 5.79. The van der Waals surface area contributed by atoms with E-state index in [1.54, 1.807) is 0 Å². The third-order valence-corrected chi connectivity index (χ3v) is 13.7. The summed E-state index contributed by atoms with van der Waals surface area (Å²) in [5.74, 6) is 0. The molecule has 7 aromatic carbocycles. The molecule has 1 unspecified atom stereocenters. The van der Waals surface area contributed by atoms with Crippen LogP contribution < -0.4 is 0 Å². The first-order chi connectivity index (χ1) is 25.8. The second kappa shape index (κ2) is 10.8. The van der Waals surface area contributed by atoms with Crippen molar-refractivity contribution in [1.82, 2.24) is 9.13 Å². The normalized spacial score (nSPS) is 15.6. The minimum atomic E-state index is 0.451. The third kappa shape index (κ3) is 3.96. The van der Waals surface area contributed by atoms with Gasteiger partial charge in [-0.2, -0.15) is 0 Å². The van der Waals surface area contributed by atoms with Crippen LogP contribution in [0.4, 0.5) is 0 Å². The largest absolute Gasteiger partial charge is 0.309 e. The number of allylic oxidation sites excluding steroid dienone is 3. The minimum absolute atomic E-state index is 0.451. The molecule has 2 nitrogen and oxygen atoms in total. The highest BCUT2D eigenvalue weighted by Crippen LogP contribution is 2.51. The van der Waals surface area contributed by atoms with Crippen molar-refractivity contribution in [3.8, 4) is 16.8 Å². The first-order valence-electron chi connectivity index (χ1n) is 17.9. The Morgan fingerprint density at radius 3 is 1.90 bits per heavy atom. The molecule has 1 atom stereocenters. The Hall–Kier alpha value is -5.81. The number of hydrogen-bond donors (Lipinski definition) is 0. The van der Waals surface area contributed by atoms with Gasteiger partial charge in [-0.05, 0) is 95.4 Å². The zero-order valence-electron chi connectivity index (χ0n) is 28.1. The first-order valence-corrected chi connectivity index (χ1v) is 19.6. The zero-order chi connectivity index (χ0) is 33.9. The highest BCUT2D eigenvalue weighted by atomic mass is 32.2. The Balaban J connectivity index is 1.07. The fourth-order valence-corrected chi connectivity index (χ4v) is 11.5. The van der Waals surface area contributed by atoms with Crippen LogP contribution in [0.5, 0.6) is 0 Å². The van der Waals surface area contributed by atoms with Crippen molar-refractivity contribution in [3.63, 3.8) is 0 Å². The standard InChI is InChI=1S/C48H30N2S2/c1-5-15-37-31(11-1)35-27-29(23-25-39(35)49(37)41-17-9-21-45-47(41)33-13-3-7-19-43(33)51-45)30-24-26-40-36(28-30)32-12-2-6-16-38(32)50(40)42-18-10-22-46-48(42)34-14-4-8-20-44(34)52-46/h1-21,23-28,46H,22H2. The average Bonchev–Trinajstić information content (AvgIpc) is 3.95. The minimum Gasteiger partial charge on any atom is -0.309 e. The fraction of sp³-hybridized carbons (Fsp3) is 0.0417. The van der Waals surface area contributed by atoms with Crippen LogP contribution in [0.2, 0.25) is 0 Å². The number of aromatic nitrogens is 2. The third-order valence-electron chi connectivity index (χ3n) is 11.2. The summed E-state index contributed by atoms with van der Waals surface area (Å²) in [7, 11) is 0. The van der Waals surface area contributed by atoms with Crippen LogP contribution in [0.15, 0.2) is 169 Å². The maximum absolute atomic E-state index is 2.51. The number of rotatable bonds is 3. The molecule has 3 aromatic heterocycles. The van der Waals surface area contributed by atoms with E-state index >= 15 is 0 Å². The molecule has 0 N–H and O–H groups in total. The fourth-order valence-electron chi connectivity index (χ4n) is 9.00. The highest BCUT2D eigenvalue weighted by Gasteiger charge is 2.32. The monoisotopic (exact) mass is 698 g/mol. The van der Waals surface area contributed by atoms with Crippen molar-refractivity contribution in [2.45, 2.75) is 16.6 Å². The van der Waals surface area contributed by atoms with Crippen LogP contribution in [-0.2, 0) is 0 Å². The lowest BCUT2D eigenvalue weighted by Crippen LogP contribution is -2.09. The van der Waals surface area contributed by atoms with E-state index in [-0.39, 0.29) is 0 Å². The summed E-state index contributed by atoms with van der Waals surface area (Å²) in [5, 5.41) is 8.22. The molecule has 244 valence electrons. The van der Waals surface area contributed by atoms with Crippen LogP contribution in [0.3, 0.4) is 0 Å². The van der Waals surface area contributed by atoms with E-state index in [0.29, 0.717) is 5.25 Å². The molecule has 2 aliphatic rings. The molecule has 0 saturated carbocycles. The summed E-state index contributed by atoms with van der Waals surface area (Å²) in [6.45, 7) is 0. The zero-order valence-corrected chi connectivity index (χ0v) is 29.7. The summed E-state index contributed by atoms with van der Waals surface area (Å²) in [6, 6.07) is 56.4. The van der Waals surface area contributed by atoms with Gasteiger partial charge in [0.05, 0.1) is 33.5 Å². The molecule has 4 heterocycles. The maximum Gasteiger partial charge on any atom is 0.0555 e. The molecule has 12 rings (SSSR count). The Morgan fingerprint density at radius 2 is 1.12 bits per heavy atom. The predicted molar refractivity (Wildman–Crippen MR) is 225 cm³/mol. The van der Waals surface area contributed by atoms with Crippen molar-refractivity contribution in [2.75, 3.05) is 0 Å². The lowest BCUT2D eigenvalue weighted by atomic mass is 9.94. The number of nitrogens with zero attached hydrogens (tertiary/aromatic N) is 2. The van der Waals surface area contributed by atoms with E-state index in [4.69, 9.17) is 0 Å². The number of para-hydroxylation sites is 2. The summed E-state index contributed by atoms with van der Waals surface area (Å²) in [5.41, 5.74) is 12.8. The van der Waals surface area contributed by atoms with E-state index in [1.807, 2.05) is 23.1 Å². The Labute approximate surface area is 308 Å². The van der Waals surface area contributed by atoms with Gasteiger partial charge in [-0.1, -0.05) is 97.1 Å². The average molecular weight is 699 g/mol. The van der Waals surface area contributed by atoms with Gasteiger partial charge in [0.1, 0.15) is 0 Å². The molecule has 1 aliphatic heterocycles. The topological polar surface area (TPSA) is 9.86 Å². The number of fused-ring (bicyclic) bond motifs is 12. The lowest BCUT2D eigenvalue weighted by Gasteiger charge is -2.21. The van der Waals surface area contributed by atoms with Crippen molar-refractivity contribution in [2.24, 2.45) is 0 Å². The van der Waals surface area contributed by atoms with Crippen LogP contribution in [-0.4, -0.2) is 14.4 Å². The van der Waals surface area contributed by atoms with Gasteiger partial charge in [-0.3, -0.25) is 0 Å². The van der Waals surface area contributed by atoms with Gasteiger partial charge in [-0.15, -0.1) is 23.1 Å². The molecule has 4 heteroatoms. The maximum atomic E-state index is 2.51. The van der Waals surface area contributed by atoms with E-state index in [1.165, 1.54) is 102 Å². The van der Waals surface area contributed by atoms with Crippen molar-refractivity contribution in [3.05, 3.63) is 169 Å². The molecule has 0 radical (unpaired) electrons. The van der Waals surface area contributed by atoms with E-state index < -0.39 is 0 Å². The Kier molecular flexibility index (Phi) is 6.02. The van der Waals surface area contributed by atoms with Gasteiger partial charge in [0, 0.05) is 51.9 Å². The molecular formula is C48H30N2S2. The molecular weight excluding hydrogens is 669 g/mol. The van der Waals surface area contributed by atoms with Gasteiger partial charge in [0.15, 0.2) is 0 Å². The van der Waals surface area contributed by atoms with Crippen molar-refractivity contribution < 1.29 is 0 Å². The summed E-state index contributed by atoms with van der Waals surface area (Å²) in [4.78, 5) is 1.39. The van der Waals surface area contributed by atoms with Crippen LogP contribution in [0.25, 0.3) is 91.9 Å². The van der Waals surface area contributed by atoms with Crippen molar-refractivity contribution in [1.29, 1.82) is 0 Å². The van der Waals surface area contributed by atoms with E-state index in [2.05, 4.69) is 173 Å². The van der Waals surface area contributed by atoms with Crippen LogP contribution in [0, 0.1) is 0 Å². The second-order valence-electron chi connectivity index (χ2n) is 14.0. The number of benzene rings is 7. The number of thioether (sulfide) groups is 1. The van der Waals surface area contributed by atoms with Gasteiger partial charge in [0.2, 0.25) is 0 Å².